The molecule has 2 heterocycles. The summed E-state index contributed by atoms with van der Waals surface area (Å²) in [6.07, 6.45) is 1.52. The third-order valence-corrected chi connectivity index (χ3v) is 4.45. The minimum atomic E-state index is 0.186. The highest BCUT2D eigenvalue weighted by Crippen LogP contribution is 2.23. The summed E-state index contributed by atoms with van der Waals surface area (Å²) < 4.78 is 7.75. The molecular weight excluding hydrogens is 314 g/mol. The summed E-state index contributed by atoms with van der Waals surface area (Å²) in [5, 5.41) is 4.50. The van der Waals surface area contributed by atoms with Gasteiger partial charge in [-0.1, -0.05) is 51.1 Å². The number of hydrogen-bond acceptors (Lipinski definition) is 3. The summed E-state index contributed by atoms with van der Waals surface area (Å²) in [6.45, 7) is 9.07. The van der Waals surface area contributed by atoms with Crippen LogP contribution < -0.4 is 4.74 Å². The molecule has 0 atom stereocenters. The van der Waals surface area contributed by atoms with E-state index in [1.165, 1.54) is 0 Å². The van der Waals surface area contributed by atoms with Gasteiger partial charge < -0.3 is 9.64 Å². The van der Waals surface area contributed by atoms with E-state index in [0.29, 0.717) is 25.5 Å². The van der Waals surface area contributed by atoms with Crippen LogP contribution in [-0.4, -0.2) is 27.1 Å². The number of aromatic nitrogens is 2. The topological polar surface area (TPSA) is 47.4 Å². The van der Waals surface area contributed by atoms with Crippen molar-refractivity contribution in [3.05, 3.63) is 47.7 Å². The zero-order chi connectivity index (χ0) is 17.9. The lowest BCUT2D eigenvalue weighted by atomic mass is 9.90. The van der Waals surface area contributed by atoms with E-state index in [-0.39, 0.29) is 11.3 Å². The Bertz CT molecular complexity index is 716. The molecule has 0 radical (unpaired) electrons. The summed E-state index contributed by atoms with van der Waals surface area (Å²) in [4.78, 5) is 14.4. The van der Waals surface area contributed by atoms with Gasteiger partial charge in [-0.15, -0.1) is 5.10 Å². The molecule has 2 aromatic rings. The third-order valence-electron chi connectivity index (χ3n) is 4.45. The number of nitrogens with zero attached hydrogens (tertiary/aromatic N) is 3. The molecule has 0 N–H and O–H groups in total. The van der Waals surface area contributed by atoms with Gasteiger partial charge in [0.2, 0.25) is 11.8 Å². The Morgan fingerprint density at radius 2 is 1.96 bits per heavy atom. The zero-order valence-corrected chi connectivity index (χ0v) is 15.4. The lowest BCUT2D eigenvalue weighted by Gasteiger charge is -2.28. The van der Waals surface area contributed by atoms with E-state index in [1.807, 2.05) is 46.0 Å². The molecule has 1 amide bonds. The maximum atomic E-state index is 12.4. The molecular formula is C20H27N3O2. The Morgan fingerprint density at radius 1 is 1.20 bits per heavy atom. The number of rotatable bonds is 5. The quantitative estimate of drug-likeness (QED) is 0.834. The minimum absolute atomic E-state index is 0.186. The van der Waals surface area contributed by atoms with Crippen LogP contribution in [0.1, 0.15) is 44.9 Å². The van der Waals surface area contributed by atoms with E-state index < -0.39 is 0 Å². The second-order valence-corrected chi connectivity index (χ2v) is 7.85. The van der Waals surface area contributed by atoms with E-state index in [4.69, 9.17) is 4.74 Å². The number of hydrogen-bond donors (Lipinski definition) is 0. The molecule has 5 nitrogen and oxygen atoms in total. The van der Waals surface area contributed by atoms with Crippen molar-refractivity contribution < 1.29 is 9.53 Å². The SMILES string of the molecule is CC(C)(C)CCC(=O)N1CCn2nc(OCc3ccccc3)cc2C1. The van der Waals surface area contributed by atoms with Crippen LogP contribution in [0.2, 0.25) is 0 Å². The number of carbonyl (C=O) groups is 1. The molecule has 25 heavy (non-hydrogen) atoms. The van der Waals surface area contributed by atoms with Gasteiger partial charge in [0.15, 0.2) is 0 Å². The van der Waals surface area contributed by atoms with Crippen molar-refractivity contribution in [2.75, 3.05) is 6.54 Å². The molecule has 1 aliphatic rings. The van der Waals surface area contributed by atoms with E-state index in [0.717, 1.165) is 30.8 Å². The van der Waals surface area contributed by atoms with Crippen molar-refractivity contribution in [2.45, 2.75) is 53.3 Å². The molecule has 0 unspecified atom stereocenters. The fourth-order valence-electron chi connectivity index (χ4n) is 2.89. The Morgan fingerprint density at radius 3 is 2.68 bits per heavy atom. The largest absolute Gasteiger partial charge is 0.472 e. The second kappa shape index (κ2) is 7.30. The van der Waals surface area contributed by atoms with Gasteiger partial charge in [-0.05, 0) is 17.4 Å². The van der Waals surface area contributed by atoms with Gasteiger partial charge in [-0.3, -0.25) is 9.48 Å². The van der Waals surface area contributed by atoms with Crippen LogP contribution in [0.4, 0.5) is 0 Å². The Hall–Kier alpha value is -2.30. The average Bonchev–Trinajstić information content (AvgIpc) is 3.00. The number of carbonyl (C=O) groups excluding carboxylic acids is 1. The first-order valence-electron chi connectivity index (χ1n) is 8.92. The molecule has 0 saturated heterocycles. The molecule has 1 aliphatic heterocycles. The van der Waals surface area contributed by atoms with Crippen LogP contribution >= 0.6 is 0 Å². The molecule has 0 fully saturated rings. The summed E-state index contributed by atoms with van der Waals surface area (Å²) in [7, 11) is 0. The van der Waals surface area contributed by atoms with Gasteiger partial charge in [0.25, 0.3) is 0 Å². The van der Waals surface area contributed by atoms with Crippen LogP contribution in [-0.2, 0) is 24.5 Å². The normalized spacial score (nSPS) is 14.3. The monoisotopic (exact) mass is 341 g/mol. The van der Waals surface area contributed by atoms with Crippen LogP contribution in [0, 0.1) is 5.41 Å². The second-order valence-electron chi connectivity index (χ2n) is 7.85. The zero-order valence-electron chi connectivity index (χ0n) is 15.4. The number of fused-ring (bicyclic) bond motifs is 1. The van der Waals surface area contributed by atoms with E-state index in [9.17, 15) is 4.79 Å². The molecule has 134 valence electrons. The lowest BCUT2D eigenvalue weighted by Crippen LogP contribution is -2.38. The van der Waals surface area contributed by atoms with Crippen molar-refractivity contribution in [1.29, 1.82) is 0 Å². The minimum Gasteiger partial charge on any atom is -0.472 e. The highest BCUT2D eigenvalue weighted by molar-refractivity contribution is 5.76. The third kappa shape index (κ3) is 4.84. The fraction of sp³-hybridized carbons (Fsp3) is 0.500. The van der Waals surface area contributed by atoms with Gasteiger partial charge in [0, 0.05) is 19.0 Å². The highest BCUT2D eigenvalue weighted by atomic mass is 16.5. The Kier molecular flexibility index (Phi) is 5.11. The van der Waals surface area contributed by atoms with Crippen LogP contribution in [0.15, 0.2) is 36.4 Å². The molecule has 1 aromatic carbocycles. The smallest absolute Gasteiger partial charge is 0.233 e. The van der Waals surface area contributed by atoms with Gasteiger partial charge in [-0.25, -0.2) is 0 Å². The predicted molar refractivity (Wildman–Crippen MR) is 97.1 cm³/mol. The number of benzene rings is 1. The summed E-state index contributed by atoms with van der Waals surface area (Å²) in [5.41, 5.74) is 2.34. The maximum absolute atomic E-state index is 12.4. The first-order chi connectivity index (χ1) is 11.9. The fourth-order valence-corrected chi connectivity index (χ4v) is 2.89. The van der Waals surface area contributed by atoms with Gasteiger partial charge in [0.1, 0.15) is 6.61 Å². The summed E-state index contributed by atoms with van der Waals surface area (Å²) in [5.74, 6) is 0.858. The van der Waals surface area contributed by atoms with Crippen molar-refractivity contribution in [2.24, 2.45) is 5.41 Å². The summed E-state index contributed by atoms with van der Waals surface area (Å²) in [6, 6.07) is 12.0. The first kappa shape index (κ1) is 17.5. The highest BCUT2D eigenvalue weighted by Gasteiger charge is 2.23. The lowest BCUT2D eigenvalue weighted by molar-refractivity contribution is -0.133. The molecule has 1 aromatic heterocycles. The standard InChI is InChI=1S/C20H27N3O2/c1-20(2,3)10-9-19(24)22-11-12-23-17(14-22)13-18(21-23)25-15-16-7-5-4-6-8-16/h4-8,13H,9-12,14-15H2,1-3H3. The number of amides is 1. The summed E-state index contributed by atoms with van der Waals surface area (Å²) >= 11 is 0. The Balaban J connectivity index is 1.56. The molecule has 0 saturated carbocycles. The van der Waals surface area contributed by atoms with Crippen LogP contribution in [0.5, 0.6) is 5.88 Å². The maximum Gasteiger partial charge on any atom is 0.233 e. The molecule has 0 bridgehead atoms. The van der Waals surface area contributed by atoms with Crippen molar-refractivity contribution in [3.8, 4) is 5.88 Å². The van der Waals surface area contributed by atoms with E-state index in [1.54, 1.807) is 0 Å². The predicted octanol–water partition coefficient (Wildman–Crippen LogP) is 3.63. The van der Waals surface area contributed by atoms with Crippen molar-refractivity contribution >= 4 is 5.91 Å². The van der Waals surface area contributed by atoms with Crippen molar-refractivity contribution in [1.82, 2.24) is 14.7 Å². The van der Waals surface area contributed by atoms with Crippen LogP contribution in [0.25, 0.3) is 0 Å². The van der Waals surface area contributed by atoms with Gasteiger partial charge >= 0.3 is 0 Å². The van der Waals surface area contributed by atoms with Crippen LogP contribution in [0.3, 0.4) is 0 Å². The number of ether oxygens (including phenoxy) is 1. The molecule has 0 aliphatic carbocycles. The molecule has 5 heteroatoms. The van der Waals surface area contributed by atoms with Gasteiger partial charge in [-0.2, -0.15) is 0 Å². The van der Waals surface area contributed by atoms with Gasteiger partial charge in [0.05, 0.1) is 18.8 Å². The Labute approximate surface area is 149 Å². The van der Waals surface area contributed by atoms with E-state index >= 15 is 0 Å². The van der Waals surface area contributed by atoms with Crippen molar-refractivity contribution in [3.63, 3.8) is 0 Å². The first-order valence-corrected chi connectivity index (χ1v) is 8.92. The molecule has 0 spiro atoms. The van der Waals surface area contributed by atoms with E-state index in [2.05, 4.69) is 25.9 Å². The average molecular weight is 341 g/mol. The molecule has 3 rings (SSSR count).